The number of methoxy groups -OCH3 is 1. The van der Waals surface area contributed by atoms with E-state index in [4.69, 9.17) is 4.74 Å². The van der Waals surface area contributed by atoms with Crippen LogP contribution in [0.15, 0.2) is 54.6 Å². The molecule has 0 aromatic heterocycles. The average Bonchev–Trinajstić information content (AvgIpc) is 2.69. The first-order chi connectivity index (χ1) is 13.1. The molecule has 2 aromatic rings. The predicted molar refractivity (Wildman–Crippen MR) is 105 cm³/mol. The second kappa shape index (κ2) is 9.19. The fraction of sp³-hybridized carbons (Fsp3) is 0.333. The molecule has 27 heavy (non-hydrogen) atoms. The number of anilines is 1. The van der Waals surface area contributed by atoms with Crippen LogP contribution in [0.2, 0.25) is 0 Å². The maximum absolute atomic E-state index is 12.5. The molecule has 0 spiro atoms. The van der Waals surface area contributed by atoms with Crippen LogP contribution in [0.25, 0.3) is 0 Å². The Kier molecular flexibility index (Phi) is 6.44. The summed E-state index contributed by atoms with van der Waals surface area (Å²) in [4.78, 5) is 28.6. The SMILES string of the molecule is COc1cccc(CC(=O)N2CCN(CC(=O)Nc3ccccc3)CC2)c1. The van der Waals surface area contributed by atoms with Gasteiger partial charge in [-0.05, 0) is 29.8 Å². The summed E-state index contributed by atoms with van der Waals surface area (Å²) in [6.45, 7) is 3.02. The Morgan fingerprint density at radius 2 is 1.74 bits per heavy atom. The van der Waals surface area contributed by atoms with Crippen molar-refractivity contribution in [1.82, 2.24) is 9.80 Å². The lowest BCUT2D eigenvalue weighted by atomic mass is 10.1. The molecule has 1 aliphatic heterocycles. The van der Waals surface area contributed by atoms with Crippen molar-refractivity contribution in [3.63, 3.8) is 0 Å². The van der Waals surface area contributed by atoms with Crippen LogP contribution in [0, 0.1) is 0 Å². The molecule has 6 heteroatoms. The number of nitrogens with zero attached hydrogens (tertiary/aromatic N) is 2. The molecule has 1 N–H and O–H groups in total. The number of piperazine rings is 1. The van der Waals surface area contributed by atoms with Gasteiger partial charge in [-0.15, -0.1) is 0 Å². The molecule has 6 nitrogen and oxygen atoms in total. The highest BCUT2D eigenvalue weighted by molar-refractivity contribution is 5.92. The van der Waals surface area contributed by atoms with Crippen molar-refractivity contribution in [3.8, 4) is 5.75 Å². The van der Waals surface area contributed by atoms with Crippen molar-refractivity contribution in [2.45, 2.75) is 6.42 Å². The molecule has 0 atom stereocenters. The Labute approximate surface area is 159 Å². The van der Waals surface area contributed by atoms with Crippen molar-refractivity contribution in [1.29, 1.82) is 0 Å². The highest BCUT2D eigenvalue weighted by Gasteiger charge is 2.22. The summed E-state index contributed by atoms with van der Waals surface area (Å²) in [5.74, 6) is 0.837. The number of nitrogens with one attached hydrogen (secondary N) is 1. The molecule has 0 bridgehead atoms. The van der Waals surface area contributed by atoms with Gasteiger partial charge in [0.1, 0.15) is 5.75 Å². The molecule has 1 fully saturated rings. The highest BCUT2D eigenvalue weighted by atomic mass is 16.5. The van der Waals surface area contributed by atoms with Gasteiger partial charge in [0.15, 0.2) is 0 Å². The lowest BCUT2D eigenvalue weighted by Gasteiger charge is -2.34. The lowest BCUT2D eigenvalue weighted by Crippen LogP contribution is -2.50. The van der Waals surface area contributed by atoms with E-state index >= 15 is 0 Å². The van der Waals surface area contributed by atoms with Gasteiger partial charge in [0.05, 0.1) is 20.1 Å². The molecule has 2 amide bonds. The van der Waals surface area contributed by atoms with Crippen LogP contribution in [0.3, 0.4) is 0 Å². The van der Waals surface area contributed by atoms with E-state index in [1.54, 1.807) is 7.11 Å². The summed E-state index contributed by atoms with van der Waals surface area (Å²) in [7, 11) is 1.62. The Hall–Kier alpha value is -2.86. The van der Waals surface area contributed by atoms with Crippen molar-refractivity contribution in [3.05, 3.63) is 60.2 Å². The smallest absolute Gasteiger partial charge is 0.238 e. The number of ether oxygens (including phenoxy) is 1. The molecule has 142 valence electrons. The number of rotatable bonds is 6. The molecule has 2 aromatic carbocycles. The number of benzene rings is 2. The Balaban J connectivity index is 1.44. The first-order valence-electron chi connectivity index (χ1n) is 9.12. The number of hydrogen-bond donors (Lipinski definition) is 1. The topological polar surface area (TPSA) is 61.9 Å². The van der Waals surface area contributed by atoms with Gasteiger partial charge >= 0.3 is 0 Å². The van der Waals surface area contributed by atoms with Crippen molar-refractivity contribution < 1.29 is 14.3 Å². The van der Waals surface area contributed by atoms with E-state index in [1.807, 2.05) is 59.5 Å². The summed E-state index contributed by atoms with van der Waals surface area (Å²) in [6.07, 6.45) is 0.367. The lowest BCUT2D eigenvalue weighted by molar-refractivity contribution is -0.132. The minimum atomic E-state index is -0.0302. The molecule has 0 unspecified atom stereocenters. The van der Waals surface area contributed by atoms with E-state index in [0.29, 0.717) is 39.1 Å². The molecule has 0 aliphatic carbocycles. The molecule has 0 radical (unpaired) electrons. The fourth-order valence-corrected chi connectivity index (χ4v) is 3.15. The van der Waals surface area contributed by atoms with Gasteiger partial charge in [-0.3, -0.25) is 14.5 Å². The third-order valence-electron chi connectivity index (χ3n) is 4.64. The molecule has 0 saturated carbocycles. The standard InChI is InChI=1S/C21H25N3O3/c1-27-19-9-5-6-17(14-19)15-21(26)24-12-10-23(11-13-24)16-20(25)22-18-7-3-2-4-8-18/h2-9,14H,10-13,15-16H2,1H3,(H,22,25). The monoisotopic (exact) mass is 367 g/mol. The Bertz CT molecular complexity index is 771. The largest absolute Gasteiger partial charge is 0.497 e. The van der Waals surface area contributed by atoms with Gasteiger partial charge < -0.3 is 15.0 Å². The predicted octanol–water partition coefficient (Wildman–Crippen LogP) is 2.02. The summed E-state index contributed by atoms with van der Waals surface area (Å²) in [6, 6.07) is 17.0. The van der Waals surface area contributed by atoms with Crippen LogP contribution in [0.5, 0.6) is 5.75 Å². The average molecular weight is 367 g/mol. The minimum Gasteiger partial charge on any atom is -0.497 e. The number of carbonyl (C=O) groups excluding carboxylic acids is 2. The van der Waals surface area contributed by atoms with E-state index in [0.717, 1.165) is 17.0 Å². The van der Waals surface area contributed by atoms with Crippen LogP contribution in [0.1, 0.15) is 5.56 Å². The molecule has 1 heterocycles. The van der Waals surface area contributed by atoms with Gasteiger partial charge in [0.25, 0.3) is 0 Å². The van der Waals surface area contributed by atoms with E-state index in [9.17, 15) is 9.59 Å². The van der Waals surface area contributed by atoms with Gasteiger partial charge in [0, 0.05) is 31.9 Å². The normalized spacial score (nSPS) is 14.6. The Morgan fingerprint density at radius 3 is 2.44 bits per heavy atom. The van der Waals surface area contributed by atoms with Crippen LogP contribution in [0.4, 0.5) is 5.69 Å². The first-order valence-corrected chi connectivity index (χ1v) is 9.12. The van der Waals surface area contributed by atoms with E-state index in [2.05, 4.69) is 10.2 Å². The maximum Gasteiger partial charge on any atom is 0.238 e. The summed E-state index contributed by atoms with van der Waals surface area (Å²) < 4.78 is 5.21. The van der Waals surface area contributed by atoms with Crippen molar-refractivity contribution in [2.24, 2.45) is 0 Å². The molecule has 1 saturated heterocycles. The Morgan fingerprint density at radius 1 is 1.00 bits per heavy atom. The third-order valence-corrected chi connectivity index (χ3v) is 4.64. The second-order valence-electron chi connectivity index (χ2n) is 6.60. The van der Waals surface area contributed by atoms with Crippen LogP contribution in [-0.2, 0) is 16.0 Å². The van der Waals surface area contributed by atoms with Crippen molar-refractivity contribution >= 4 is 17.5 Å². The molecular formula is C21H25N3O3. The van der Waals surface area contributed by atoms with E-state index in [1.165, 1.54) is 0 Å². The zero-order chi connectivity index (χ0) is 19.1. The van der Waals surface area contributed by atoms with E-state index in [-0.39, 0.29) is 11.8 Å². The number of amides is 2. The number of hydrogen-bond acceptors (Lipinski definition) is 4. The molecular weight excluding hydrogens is 342 g/mol. The number of para-hydroxylation sites is 1. The van der Waals surface area contributed by atoms with Crippen LogP contribution < -0.4 is 10.1 Å². The van der Waals surface area contributed by atoms with E-state index < -0.39 is 0 Å². The first kappa shape index (κ1) is 18.9. The van der Waals surface area contributed by atoms with Gasteiger partial charge in [-0.1, -0.05) is 30.3 Å². The highest BCUT2D eigenvalue weighted by Crippen LogP contribution is 2.14. The van der Waals surface area contributed by atoms with Gasteiger partial charge in [-0.2, -0.15) is 0 Å². The van der Waals surface area contributed by atoms with Crippen LogP contribution in [-0.4, -0.2) is 61.4 Å². The van der Waals surface area contributed by atoms with Gasteiger partial charge in [-0.25, -0.2) is 0 Å². The number of carbonyl (C=O) groups is 2. The fourth-order valence-electron chi connectivity index (χ4n) is 3.15. The second-order valence-corrected chi connectivity index (χ2v) is 6.60. The summed E-state index contributed by atoms with van der Waals surface area (Å²) in [5.41, 5.74) is 1.75. The van der Waals surface area contributed by atoms with Crippen molar-refractivity contribution in [2.75, 3.05) is 45.2 Å². The zero-order valence-corrected chi connectivity index (χ0v) is 15.6. The minimum absolute atomic E-state index is 0.0302. The van der Waals surface area contributed by atoms with Gasteiger partial charge in [0.2, 0.25) is 11.8 Å². The maximum atomic E-state index is 12.5. The quantitative estimate of drug-likeness (QED) is 0.849. The summed E-state index contributed by atoms with van der Waals surface area (Å²) >= 11 is 0. The molecule has 1 aliphatic rings. The molecule has 3 rings (SSSR count). The third kappa shape index (κ3) is 5.56. The summed E-state index contributed by atoms with van der Waals surface area (Å²) in [5, 5.41) is 2.89. The zero-order valence-electron chi connectivity index (χ0n) is 15.6. The van der Waals surface area contributed by atoms with Crippen LogP contribution >= 0.6 is 0 Å².